The van der Waals surface area contributed by atoms with E-state index in [0.29, 0.717) is 0 Å². The smallest absolute Gasteiger partial charge is 0.0666 e. The van der Waals surface area contributed by atoms with E-state index in [2.05, 4.69) is 22.8 Å². The van der Waals surface area contributed by atoms with Gasteiger partial charge in [-0.05, 0) is 58.9 Å². The van der Waals surface area contributed by atoms with Crippen LogP contribution in [0, 0.1) is 17.2 Å². The lowest BCUT2D eigenvalue weighted by molar-refractivity contribution is 0.241. The SMILES string of the molecule is CCN(CCCN1CCCC1)CC(C)C#N. The molecule has 1 aliphatic rings. The van der Waals surface area contributed by atoms with Crippen LogP contribution in [0.25, 0.3) is 0 Å². The van der Waals surface area contributed by atoms with Crippen molar-refractivity contribution in [3.8, 4) is 6.07 Å². The van der Waals surface area contributed by atoms with E-state index in [4.69, 9.17) is 5.26 Å². The molecule has 1 unspecified atom stereocenters. The molecule has 0 amide bonds. The molecular weight excluding hydrogens is 198 g/mol. The molecule has 1 aliphatic heterocycles. The molecular formula is C13H25N3. The second-order valence-electron chi connectivity index (χ2n) is 4.83. The Morgan fingerprint density at radius 1 is 1.38 bits per heavy atom. The second kappa shape index (κ2) is 7.65. The van der Waals surface area contributed by atoms with Crippen LogP contribution in [0.15, 0.2) is 0 Å². The zero-order chi connectivity index (χ0) is 11.8. The summed E-state index contributed by atoms with van der Waals surface area (Å²) in [5.41, 5.74) is 0. The number of nitrogens with zero attached hydrogens (tertiary/aromatic N) is 3. The third kappa shape index (κ3) is 4.96. The number of hydrogen-bond acceptors (Lipinski definition) is 3. The summed E-state index contributed by atoms with van der Waals surface area (Å²) in [5.74, 6) is 0.159. The van der Waals surface area contributed by atoms with Gasteiger partial charge >= 0.3 is 0 Å². The highest BCUT2D eigenvalue weighted by Gasteiger charge is 2.12. The first-order valence-corrected chi connectivity index (χ1v) is 6.60. The molecule has 1 rings (SSSR count). The molecule has 1 fully saturated rings. The minimum absolute atomic E-state index is 0.159. The lowest BCUT2D eigenvalue weighted by Crippen LogP contribution is -2.31. The molecule has 0 radical (unpaired) electrons. The molecule has 0 spiro atoms. The van der Waals surface area contributed by atoms with E-state index >= 15 is 0 Å². The zero-order valence-electron chi connectivity index (χ0n) is 10.8. The lowest BCUT2D eigenvalue weighted by Gasteiger charge is -2.23. The predicted octanol–water partition coefficient (Wildman–Crippen LogP) is 1.95. The van der Waals surface area contributed by atoms with E-state index in [9.17, 15) is 0 Å². The van der Waals surface area contributed by atoms with Gasteiger partial charge in [-0.15, -0.1) is 0 Å². The van der Waals surface area contributed by atoms with Crippen LogP contribution >= 0.6 is 0 Å². The summed E-state index contributed by atoms with van der Waals surface area (Å²) in [6.07, 6.45) is 4.00. The quantitative estimate of drug-likeness (QED) is 0.661. The maximum Gasteiger partial charge on any atom is 0.0666 e. The van der Waals surface area contributed by atoms with E-state index in [-0.39, 0.29) is 5.92 Å². The molecule has 1 saturated heterocycles. The molecule has 0 aliphatic carbocycles. The number of nitriles is 1. The van der Waals surface area contributed by atoms with E-state index in [1.807, 2.05) is 6.92 Å². The summed E-state index contributed by atoms with van der Waals surface area (Å²) in [7, 11) is 0. The van der Waals surface area contributed by atoms with Crippen LogP contribution in [0.3, 0.4) is 0 Å². The predicted molar refractivity (Wildman–Crippen MR) is 67.2 cm³/mol. The molecule has 16 heavy (non-hydrogen) atoms. The molecule has 0 aromatic rings. The van der Waals surface area contributed by atoms with Crippen LogP contribution in [-0.2, 0) is 0 Å². The van der Waals surface area contributed by atoms with Crippen molar-refractivity contribution in [1.82, 2.24) is 9.80 Å². The van der Waals surface area contributed by atoms with Crippen molar-refractivity contribution >= 4 is 0 Å². The van der Waals surface area contributed by atoms with Gasteiger partial charge in [-0.3, -0.25) is 0 Å². The molecule has 0 saturated carbocycles. The van der Waals surface area contributed by atoms with Gasteiger partial charge in [-0.1, -0.05) is 6.92 Å². The van der Waals surface area contributed by atoms with E-state index in [1.54, 1.807) is 0 Å². The molecule has 0 N–H and O–H groups in total. The van der Waals surface area contributed by atoms with E-state index < -0.39 is 0 Å². The zero-order valence-corrected chi connectivity index (χ0v) is 10.8. The first-order valence-electron chi connectivity index (χ1n) is 6.60. The molecule has 1 heterocycles. The second-order valence-corrected chi connectivity index (χ2v) is 4.83. The van der Waals surface area contributed by atoms with Crippen LogP contribution in [-0.4, -0.2) is 49.1 Å². The highest BCUT2D eigenvalue weighted by atomic mass is 15.2. The molecule has 92 valence electrons. The first-order chi connectivity index (χ1) is 7.76. The van der Waals surface area contributed by atoms with Crippen molar-refractivity contribution in [2.24, 2.45) is 5.92 Å². The Hall–Kier alpha value is -0.590. The molecule has 0 bridgehead atoms. The Labute approximate surface area is 100 Å². The fourth-order valence-corrected chi connectivity index (χ4v) is 2.33. The molecule has 3 heteroatoms. The Balaban J connectivity index is 2.10. The summed E-state index contributed by atoms with van der Waals surface area (Å²) < 4.78 is 0. The highest BCUT2D eigenvalue weighted by Crippen LogP contribution is 2.08. The van der Waals surface area contributed by atoms with Crippen molar-refractivity contribution in [3.63, 3.8) is 0 Å². The van der Waals surface area contributed by atoms with Gasteiger partial charge in [0, 0.05) is 6.54 Å². The summed E-state index contributed by atoms with van der Waals surface area (Å²) in [6.45, 7) is 11.1. The summed E-state index contributed by atoms with van der Waals surface area (Å²) in [5, 5.41) is 8.79. The topological polar surface area (TPSA) is 30.3 Å². The maximum atomic E-state index is 8.79. The third-order valence-electron chi connectivity index (χ3n) is 3.35. The van der Waals surface area contributed by atoms with Gasteiger partial charge in [0.05, 0.1) is 12.0 Å². The fraction of sp³-hybridized carbons (Fsp3) is 0.923. The van der Waals surface area contributed by atoms with E-state index in [1.165, 1.54) is 38.9 Å². The minimum Gasteiger partial charge on any atom is -0.303 e. The normalized spacial score (nSPS) is 18.9. The standard InChI is InChI=1S/C13H25N3/c1-3-15(12-13(2)11-14)9-6-10-16-7-4-5-8-16/h13H,3-10,12H2,1-2H3. The van der Waals surface area contributed by atoms with Crippen molar-refractivity contribution in [2.45, 2.75) is 33.1 Å². The average Bonchev–Trinajstić information content (AvgIpc) is 2.80. The number of rotatable bonds is 7. The van der Waals surface area contributed by atoms with Gasteiger partial charge in [-0.25, -0.2) is 0 Å². The van der Waals surface area contributed by atoms with Crippen LogP contribution < -0.4 is 0 Å². The molecule has 0 aromatic carbocycles. The van der Waals surface area contributed by atoms with Crippen LogP contribution in [0.2, 0.25) is 0 Å². The molecule has 0 aromatic heterocycles. The van der Waals surface area contributed by atoms with Crippen molar-refractivity contribution < 1.29 is 0 Å². The molecule has 1 atom stereocenters. The minimum atomic E-state index is 0.159. The lowest BCUT2D eigenvalue weighted by atomic mass is 10.2. The van der Waals surface area contributed by atoms with Crippen LogP contribution in [0.1, 0.15) is 33.1 Å². The van der Waals surface area contributed by atoms with Gasteiger partial charge in [-0.2, -0.15) is 5.26 Å². The Morgan fingerprint density at radius 3 is 2.62 bits per heavy atom. The van der Waals surface area contributed by atoms with E-state index in [0.717, 1.165) is 19.6 Å². The molecule has 3 nitrogen and oxygen atoms in total. The highest BCUT2D eigenvalue weighted by molar-refractivity contribution is 4.81. The number of hydrogen-bond donors (Lipinski definition) is 0. The first kappa shape index (κ1) is 13.5. The van der Waals surface area contributed by atoms with Gasteiger partial charge in [0.15, 0.2) is 0 Å². The average molecular weight is 223 g/mol. The van der Waals surface area contributed by atoms with Crippen molar-refractivity contribution in [2.75, 3.05) is 39.3 Å². The fourth-order valence-electron chi connectivity index (χ4n) is 2.33. The Kier molecular flexibility index (Phi) is 6.44. The summed E-state index contributed by atoms with van der Waals surface area (Å²) in [4.78, 5) is 4.95. The van der Waals surface area contributed by atoms with Gasteiger partial charge < -0.3 is 9.80 Å². The van der Waals surface area contributed by atoms with Gasteiger partial charge in [0.1, 0.15) is 0 Å². The van der Waals surface area contributed by atoms with Crippen LogP contribution in [0.5, 0.6) is 0 Å². The largest absolute Gasteiger partial charge is 0.303 e. The maximum absolute atomic E-state index is 8.79. The summed E-state index contributed by atoms with van der Waals surface area (Å²) in [6, 6.07) is 2.31. The van der Waals surface area contributed by atoms with Crippen molar-refractivity contribution in [1.29, 1.82) is 5.26 Å². The Morgan fingerprint density at radius 2 is 2.06 bits per heavy atom. The number of likely N-dealkylation sites (tertiary alicyclic amines) is 1. The van der Waals surface area contributed by atoms with Gasteiger partial charge in [0.25, 0.3) is 0 Å². The van der Waals surface area contributed by atoms with Crippen molar-refractivity contribution in [3.05, 3.63) is 0 Å². The van der Waals surface area contributed by atoms with Gasteiger partial charge in [0.2, 0.25) is 0 Å². The Bertz CT molecular complexity index is 216. The third-order valence-corrected chi connectivity index (χ3v) is 3.35. The summed E-state index contributed by atoms with van der Waals surface area (Å²) >= 11 is 0. The monoisotopic (exact) mass is 223 g/mol. The van der Waals surface area contributed by atoms with Crippen LogP contribution in [0.4, 0.5) is 0 Å².